The molecule has 7 heteroatoms. The van der Waals surface area contributed by atoms with Gasteiger partial charge < -0.3 is 15.4 Å². The molecule has 0 spiro atoms. The predicted molar refractivity (Wildman–Crippen MR) is 110 cm³/mol. The highest BCUT2D eigenvalue weighted by Crippen LogP contribution is 2.21. The lowest BCUT2D eigenvalue weighted by Crippen LogP contribution is -2.37. The normalized spacial score (nSPS) is 15.0. The number of thiophene rings is 1. The van der Waals surface area contributed by atoms with Crippen LogP contribution in [0.5, 0.6) is 0 Å². The van der Waals surface area contributed by atoms with E-state index >= 15 is 0 Å². The Kier molecular flexibility index (Phi) is 11.1. The number of guanidine groups is 1. The molecule has 0 bridgehead atoms. The van der Waals surface area contributed by atoms with E-state index in [4.69, 9.17) is 4.74 Å². The maximum absolute atomic E-state index is 11.8. The van der Waals surface area contributed by atoms with Crippen LogP contribution in [0.25, 0.3) is 0 Å². The fraction of sp³-hybridized carbons (Fsp3) is 0.647. The minimum absolute atomic E-state index is 0. The zero-order chi connectivity index (χ0) is 16.3. The Hall–Kier alpha value is -0.830. The molecule has 0 saturated heterocycles. The number of nitrogens with one attached hydrogen (secondary N) is 2. The van der Waals surface area contributed by atoms with Crippen LogP contribution in [0.1, 0.15) is 51.0 Å². The maximum atomic E-state index is 11.8. The number of halogens is 1. The summed E-state index contributed by atoms with van der Waals surface area (Å²) in [5.41, 5.74) is 1.22. The van der Waals surface area contributed by atoms with Gasteiger partial charge in [-0.15, -0.1) is 24.0 Å². The number of hydrogen-bond acceptors (Lipinski definition) is 4. The molecule has 136 valence electrons. The van der Waals surface area contributed by atoms with Crippen LogP contribution >= 0.6 is 35.3 Å². The lowest BCUT2D eigenvalue weighted by Gasteiger charge is -2.12. The number of carbonyl (C=O) groups is 1. The monoisotopic (exact) mass is 465 g/mol. The zero-order valence-electron chi connectivity index (χ0n) is 14.3. The minimum atomic E-state index is -0.0705. The van der Waals surface area contributed by atoms with Crippen molar-refractivity contribution in [3.05, 3.63) is 22.4 Å². The number of nitrogens with zero attached hydrogens (tertiary/aromatic N) is 1. The van der Waals surface area contributed by atoms with Crippen molar-refractivity contribution >= 4 is 47.2 Å². The Morgan fingerprint density at radius 3 is 2.83 bits per heavy atom. The van der Waals surface area contributed by atoms with Crippen LogP contribution in [0.4, 0.5) is 0 Å². The average Bonchev–Trinajstić information content (AvgIpc) is 3.22. The second kappa shape index (κ2) is 12.5. The van der Waals surface area contributed by atoms with Gasteiger partial charge >= 0.3 is 5.97 Å². The number of ether oxygens (including phenoxy) is 1. The highest BCUT2D eigenvalue weighted by molar-refractivity contribution is 14.0. The van der Waals surface area contributed by atoms with Gasteiger partial charge in [0.2, 0.25) is 0 Å². The van der Waals surface area contributed by atoms with Gasteiger partial charge in [-0.1, -0.05) is 0 Å². The number of esters is 1. The molecule has 1 aliphatic carbocycles. The van der Waals surface area contributed by atoms with Gasteiger partial charge in [-0.3, -0.25) is 4.79 Å². The van der Waals surface area contributed by atoms with Crippen LogP contribution in [0.3, 0.4) is 0 Å². The molecule has 0 aromatic carbocycles. The van der Waals surface area contributed by atoms with Gasteiger partial charge in [-0.2, -0.15) is 11.3 Å². The molecule has 0 radical (unpaired) electrons. The van der Waals surface area contributed by atoms with E-state index in [-0.39, 0.29) is 36.0 Å². The molecule has 0 aliphatic heterocycles. The topological polar surface area (TPSA) is 62.7 Å². The van der Waals surface area contributed by atoms with Crippen molar-refractivity contribution < 1.29 is 9.53 Å². The van der Waals surface area contributed by atoms with E-state index in [1.807, 2.05) is 6.92 Å². The van der Waals surface area contributed by atoms with E-state index in [1.54, 1.807) is 11.3 Å². The van der Waals surface area contributed by atoms with Gasteiger partial charge in [0.15, 0.2) is 5.96 Å². The van der Waals surface area contributed by atoms with Gasteiger partial charge in [-0.25, -0.2) is 4.99 Å². The van der Waals surface area contributed by atoms with Crippen LogP contribution in [-0.4, -0.2) is 31.1 Å². The third-order valence-corrected chi connectivity index (χ3v) is 4.53. The van der Waals surface area contributed by atoms with Crippen molar-refractivity contribution in [1.82, 2.24) is 10.6 Å². The summed E-state index contributed by atoms with van der Waals surface area (Å²) in [6.07, 6.45) is 5.83. The van der Waals surface area contributed by atoms with Gasteiger partial charge in [0.1, 0.15) is 6.10 Å². The summed E-state index contributed by atoms with van der Waals surface area (Å²) in [4.78, 5) is 16.3. The molecule has 1 fully saturated rings. The van der Waals surface area contributed by atoms with Crippen molar-refractivity contribution in [1.29, 1.82) is 0 Å². The molecule has 2 rings (SSSR count). The van der Waals surface area contributed by atoms with E-state index in [0.717, 1.165) is 38.3 Å². The summed E-state index contributed by atoms with van der Waals surface area (Å²) in [6, 6.07) is 2.08. The standard InChI is InChI=1S/C17H27N3O2S.HI/c1-2-18-17(20-12-14-9-11-23-13-14)19-10-5-8-16(21)22-15-6-3-4-7-15;/h9,11,13,15H,2-8,10,12H2,1H3,(H2,18,19,20);1H. The van der Waals surface area contributed by atoms with Gasteiger partial charge in [0.25, 0.3) is 0 Å². The quantitative estimate of drug-likeness (QED) is 0.202. The Bertz CT molecular complexity index is 488. The smallest absolute Gasteiger partial charge is 0.306 e. The first-order chi connectivity index (χ1) is 11.3. The van der Waals surface area contributed by atoms with E-state index < -0.39 is 0 Å². The number of carbonyl (C=O) groups excluding carboxylic acids is 1. The maximum Gasteiger partial charge on any atom is 0.306 e. The molecule has 0 unspecified atom stereocenters. The molecule has 5 nitrogen and oxygen atoms in total. The fourth-order valence-corrected chi connectivity index (χ4v) is 3.25. The lowest BCUT2D eigenvalue weighted by atomic mass is 10.3. The summed E-state index contributed by atoms with van der Waals surface area (Å²) in [5.74, 6) is 0.724. The van der Waals surface area contributed by atoms with Crippen molar-refractivity contribution in [2.24, 2.45) is 4.99 Å². The molecule has 1 aromatic rings. The van der Waals surface area contributed by atoms with Crippen molar-refractivity contribution in [2.75, 3.05) is 13.1 Å². The van der Waals surface area contributed by atoms with Crippen LogP contribution in [0.2, 0.25) is 0 Å². The number of hydrogen-bond donors (Lipinski definition) is 2. The van der Waals surface area contributed by atoms with Crippen LogP contribution < -0.4 is 10.6 Å². The highest BCUT2D eigenvalue weighted by Gasteiger charge is 2.18. The van der Waals surface area contributed by atoms with Crippen molar-refractivity contribution in [2.45, 2.75) is 58.1 Å². The first kappa shape index (κ1) is 21.2. The second-order valence-electron chi connectivity index (χ2n) is 5.75. The van der Waals surface area contributed by atoms with Gasteiger partial charge in [0.05, 0.1) is 6.54 Å². The molecule has 1 saturated carbocycles. The van der Waals surface area contributed by atoms with Crippen molar-refractivity contribution in [3.8, 4) is 0 Å². The van der Waals surface area contributed by atoms with Crippen molar-refractivity contribution in [3.63, 3.8) is 0 Å². The predicted octanol–water partition coefficient (Wildman–Crippen LogP) is 3.69. The van der Waals surface area contributed by atoms with Gasteiger partial charge in [0, 0.05) is 19.5 Å². The van der Waals surface area contributed by atoms with E-state index in [0.29, 0.717) is 13.0 Å². The van der Waals surface area contributed by atoms with E-state index in [1.165, 1.54) is 18.4 Å². The Balaban J connectivity index is 0.00000288. The largest absolute Gasteiger partial charge is 0.462 e. The molecule has 2 N–H and O–H groups in total. The first-order valence-electron chi connectivity index (χ1n) is 8.50. The lowest BCUT2D eigenvalue weighted by molar-refractivity contribution is -0.148. The van der Waals surface area contributed by atoms with Crippen LogP contribution in [0.15, 0.2) is 21.8 Å². The van der Waals surface area contributed by atoms with Crippen LogP contribution in [-0.2, 0) is 16.1 Å². The van der Waals surface area contributed by atoms with E-state index in [9.17, 15) is 4.79 Å². The Morgan fingerprint density at radius 1 is 1.38 bits per heavy atom. The summed E-state index contributed by atoms with van der Waals surface area (Å²) in [6.45, 7) is 4.25. The van der Waals surface area contributed by atoms with Crippen LogP contribution in [0, 0.1) is 0 Å². The Labute approximate surface area is 165 Å². The summed E-state index contributed by atoms with van der Waals surface area (Å²) >= 11 is 1.68. The molecular formula is C17H28IN3O2S. The number of aliphatic imine (C=N–C) groups is 1. The molecule has 0 atom stereocenters. The van der Waals surface area contributed by atoms with Gasteiger partial charge in [-0.05, 0) is 61.4 Å². The average molecular weight is 465 g/mol. The minimum Gasteiger partial charge on any atom is -0.462 e. The fourth-order valence-electron chi connectivity index (χ4n) is 2.59. The third-order valence-electron chi connectivity index (χ3n) is 3.79. The molecule has 0 amide bonds. The molecule has 1 heterocycles. The third kappa shape index (κ3) is 8.32. The molecule has 24 heavy (non-hydrogen) atoms. The van der Waals surface area contributed by atoms with E-state index in [2.05, 4.69) is 32.5 Å². The number of rotatable bonds is 8. The first-order valence-corrected chi connectivity index (χ1v) is 9.45. The molecule has 1 aliphatic rings. The molecular weight excluding hydrogens is 437 g/mol. The Morgan fingerprint density at radius 2 is 2.17 bits per heavy atom. The summed E-state index contributed by atoms with van der Waals surface area (Å²) < 4.78 is 5.45. The summed E-state index contributed by atoms with van der Waals surface area (Å²) in [7, 11) is 0. The zero-order valence-corrected chi connectivity index (χ0v) is 17.4. The summed E-state index contributed by atoms with van der Waals surface area (Å²) in [5, 5.41) is 10.6. The second-order valence-corrected chi connectivity index (χ2v) is 6.53. The SMILES string of the molecule is CCNC(=NCc1ccsc1)NCCCC(=O)OC1CCCC1.I. The highest BCUT2D eigenvalue weighted by atomic mass is 127. The molecule has 1 aromatic heterocycles.